The Balaban J connectivity index is 1.75. The van der Waals surface area contributed by atoms with Crippen LogP contribution in [0.3, 0.4) is 0 Å². The molecule has 1 aliphatic rings. The number of ether oxygens (including phenoxy) is 1. The molecule has 1 amide bonds. The topological polar surface area (TPSA) is 50.4 Å². The zero-order valence-corrected chi connectivity index (χ0v) is 13.6. The van der Waals surface area contributed by atoms with Gasteiger partial charge in [0.15, 0.2) is 0 Å². The normalized spacial score (nSPS) is 15.8. The molecule has 0 aromatic heterocycles. The third-order valence-electron chi connectivity index (χ3n) is 3.81. The minimum atomic E-state index is -0.146. The fourth-order valence-electron chi connectivity index (χ4n) is 2.25. The number of amides is 1. The van der Waals surface area contributed by atoms with Crippen molar-refractivity contribution < 1.29 is 9.53 Å². The molecule has 0 aliphatic heterocycles. The van der Waals surface area contributed by atoms with Crippen molar-refractivity contribution in [3.05, 3.63) is 28.2 Å². The summed E-state index contributed by atoms with van der Waals surface area (Å²) in [5.74, 6) is -0.146. The number of para-hydroxylation sites is 1. The Hall–Kier alpha value is -0.810. The first-order valence-electron chi connectivity index (χ1n) is 7.00. The highest BCUT2D eigenvalue weighted by Gasteiger charge is 2.41. The summed E-state index contributed by atoms with van der Waals surface area (Å²) in [4.78, 5) is 11.9. The first kappa shape index (κ1) is 16.6. The maximum Gasteiger partial charge on any atom is 0.238 e. The van der Waals surface area contributed by atoms with Crippen LogP contribution in [-0.2, 0) is 9.53 Å². The van der Waals surface area contributed by atoms with Crippen LogP contribution in [0.2, 0.25) is 10.0 Å². The largest absolute Gasteiger partial charge is 0.385 e. The number of benzene rings is 1. The molecule has 116 valence electrons. The lowest BCUT2D eigenvalue weighted by molar-refractivity contribution is -0.115. The fraction of sp³-hybridized carbons (Fsp3) is 0.533. The van der Waals surface area contributed by atoms with E-state index in [0.717, 1.165) is 19.6 Å². The maximum atomic E-state index is 11.9. The third-order valence-corrected chi connectivity index (χ3v) is 4.44. The molecular formula is C15H20Cl2N2O2. The maximum absolute atomic E-state index is 11.9. The lowest BCUT2D eigenvalue weighted by atomic mass is 10.0. The van der Waals surface area contributed by atoms with Crippen molar-refractivity contribution in [2.24, 2.45) is 5.41 Å². The van der Waals surface area contributed by atoms with Gasteiger partial charge in [-0.25, -0.2) is 0 Å². The molecule has 21 heavy (non-hydrogen) atoms. The van der Waals surface area contributed by atoms with Crippen LogP contribution in [0, 0.1) is 5.41 Å². The summed E-state index contributed by atoms with van der Waals surface area (Å²) in [6.45, 7) is 1.85. The highest BCUT2D eigenvalue weighted by molar-refractivity contribution is 6.39. The van der Waals surface area contributed by atoms with Gasteiger partial charge >= 0.3 is 0 Å². The number of methoxy groups -OCH3 is 1. The number of carbonyl (C=O) groups excluding carboxylic acids is 1. The summed E-state index contributed by atoms with van der Waals surface area (Å²) in [5.41, 5.74) is 0.784. The Morgan fingerprint density at radius 3 is 2.57 bits per heavy atom. The highest BCUT2D eigenvalue weighted by atomic mass is 35.5. The predicted molar refractivity (Wildman–Crippen MR) is 86.1 cm³/mol. The van der Waals surface area contributed by atoms with Gasteiger partial charge in [0.1, 0.15) is 0 Å². The molecule has 1 aromatic rings. The second-order valence-corrected chi connectivity index (χ2v) is 6.31. The first-order valence-corrected chi connectivity index (χ1v) is 7.75. The van der Waals surface area contributed by atoms with Crippen molar-refractivity contribution in [1.82, 2.24) is 5.32 Å². The van der Waals surface area contributed by atoms with Gasteiger partial charge in [0, 0.05) is 20.3 Å². The summed E-state index contributed by atoms with van der Waals surface area (Å²) in [6, 6.07) is 5.13. The molecule has 2 N–H and O–H groups in total. The van der Waals surface area contributed by atoms with E-state index in [-0.39, 0.29) is 12.5 Å². The van der Waals surface area contributed by atoms with Crippen molar-refractivity contribution in [3.63, 3.8) is 0 Å². The molecule has 0 saturated heterocycles. The molecule has 2 rings (SSSR count). The van der Waals surface area contributed by atoms with Crippen molar-refractivity contribution in [3.8, 4) is 0 Å². The SMILES string of the molecule is COCCC1(CNCC(=O)Nc2c(Cl)cccc2Cl)CC1. The van der Waals surface area contributed by atoms with Crippen molar-refractivity contribution in [2.75, 3.05) is 32.1 Å². The monoisotopic (exact) mass is 330 g/mol. The van der Waals surface area contributed by atoms with Gasteiger partial charge in [-0.3, -0.25) is 4.79 Å². The Kier molecular flexibility index (Phi) is 5.88. The van der Waals surface area contributed by atoms with Gasteiger partial charge in [0.05, 0.1) is 22.3 Å². The Morgan fingerprint density at radius 1 is 1.33 bits per heavy atom. The molecule has 1 saturated carbocycles. The molecule has 1 fully saturated rings. The summed E-state index contributed by atoms with van der Waals surface area (Å²) in [5, 5.41) is 6.82. The molecule has 6 heteroatoms. The average Bonchev–Trinajstić information content (AvgIpc) is 3.21. The van der Waals surface area contributed by atoms with E-state index in [1.165, 1.54) is 12.8 Å². The Morgan fingerprint density at radius 2 is 2.00 bits per heavy atom. The van der Waals surface area contributed by atoms with Crippen LogP contribution in [0.1, 0.15) is 19.3 Å². The van der Waals surface area contributed by atoms with Crippen molar-refractivity contribution >= 4 is 34.8 Å². The summed E-state index contributed by atoms with van der Waals surface area (Å²) < 4.78 is 5.11. The molecular weight excluding hydrogens is 311 g/mol. The number of carbonyl (C=O) groups is 1. The van der Waals surface area contributed by atoms with E-state index in [1.54, 1.807) is 25.3 Å². The molecule has 0 unspecified atom stereocenters. The van der Waals surface area contributed by atoms with Gasteiger partial charge in [-0.05, 0) is 36.8 Å². The van der Waals surface area contributed by atoms with Gasteiger partial charge in [0.25, 0.3) is 0 Å². The van der Waals surface area contributed by atoms with Crippen LogP contribution >= 0.6 is 23.2 Å². The minimum Gasteiger partial charge on any atom is -0.385 e. The molecule has 0 heterocycles. The molecule has 0 atom stereocenters. The van der Waals surface area contributed by atoms with Gasteiger partial charge in [-0.1, -0.05) is 29.3 Å². The van der Waals surface area contributed by atoms with Crippen LogP contribution in [-0.4, -0.2) is 32.7 Å². The lowest BCUT2D eigenvalue weighted by Gasteiger charge is -2.15. The Bertz CT molecular complexity index is 484. The number of anilines is 1. The summed E-state index contributed by atoms with van der Waals surface area (Å²) >= 11 is 12.0. The smallest absolute Gasteiger partial charge is 0.238 e. The number of halogens is 2. The number of nitrogens with one attached hydrogen (secondary N) is 2. The van der Waals surface area contributed by atoms with Gasteiger partial charge in [0.2, 0.25) is 5.91 Å². The predicted octanol–water partition coefficient (Wildman–Crippen LogP) is 3.34. The molecule has 1 aliphatic carbocycles. The van der Waals surface area contributed by atoms with E-state index >= 15 is 0 Å². The zero-order valence-electron chi connectivity index (χ0n) is 12.0. The summed E-state index contributed by atoms with van der Waals surface area (Å²) in [7, 11) is 1.71. The average molecular weight is 331 g/mol. The van der Waals surface area contributed by atoms with Crippen molar-refractivity contribution in [1.29, 1.82) is 0 Å². The quantitative estimate of drug-likeness (QED) is 0.768. The molecule has 0 bridgehead atoms. The third kappa shape index (κ3) is 4.85. The van der Waals surface area contributed by atoms with E-state index in [4.69, 9.17) is 27.9 Å². The van der Waals surface area contributed by atoms with Crippen molar-refractivity contribution in [2.45, 2.75) is 19.3 Å². The number of hydrogen-bond acceptors (Lipinski definition) is 3. The van der Waals surface area contributed by atoms with E-state index in [1.807, 2.05) is 0 Å². The standard InChI is InChI=1S/C15H20Cl2N2O2/c1-21-8-7-15(5-6-15)10-18-9-13(20)19-14-11(16)3-2-4-12(14)17/h2-4,18H,5-10H2,1H3,(H,19,20). The van der Waals surface area contributed by atoms with Gasteiger partial charge in [-0.2, -0.15) is 0 Å². The minimum absolute atomic E-state index is 0.146. The van der Waals surface area contributed by atoms with E-state index in [0.29, 0.717) is 21.1 Å². The molecule has 4 nitrogen and oxygen atoms in total. The summed E-state index contributed by atoms with van der Waals surface area (Å²) in [6.07, 6.45) is 3.43. The molecule has 0 spiro atoms. The highest BCUT2D eigenvalue weighted by Crippen LogP contribution is 2.48. The first-order chi connectivity index (χ1) is 10.1. The number of rotatable bonds is 8. The second kappa shape index (κ2) is 7.45. The molecule has 1 aromatic carbocycles. The van der Waals surface area contributed by atoms with E-state index < -0.39 is 0 Å². The number of hydrogen-bond donors (Lipinski definition) is 2. The van der Waals surface area contributed by atoms with Gasteiger partial charge < -0.3 is 15.4 Å². The molecule has 0 radical (unpaired) electrons. The van der Waals surface area contributed by atoms with E-state index in [2.05, 4.69) is 10.6 Å². The van der Waals surface area contributed by atoms with Crippen LogP contribution in [0.5, 0.6) is 0 Å². The lowest BCUT2D eigenvalue weighted by Crippen LogP contribution is -2.33. The fourth-order valence-corrected chi connectivity index (χ4v) is 2.74. The zero-order chi connectivity index (χ0) is 15.3. The Labute approximate surface area is 135 Å². The van der Waals surface area contributed by atoms with Crippen LogP contribution in [0.4, 0.5) is 5.69 Å². The van der Waals surface area contributed by atoms with Crippen LogP contribution in [0.15, 0.2) is 18.2 Å². The van der Waals surface area contributed by atoms with Crippen LogP contribution < -0.4 is 10.6 Å². The second-order valence-electron chi connectivity index (χ2n) is 5.49. The van der Waals surface area contributed by atoms with Gasteiger partial charge in [-0.15, -0.1) is 0 Å². The van der Waals surface area contributed by atoms with E-state index in [9.17, 15) is 4.79 Å². The van der Waals surface area contributed by atoms with Crippen LogP contribution in [0.25, 0.3) is 0 Å².